The van der Waals surface area contributed by atoms with E-state index in [1.165, 1.54) is 34.4 Å². The van der Waals surface area contributed by atoms with Gasteiger partial charge in [-0.3, -0.25) is 4.79 Å². The molecule has 0 saturated heterocycles. The van der Waals surface area contributed by atoms with E-state index in [-0.39, 0.29) is 29.9 Å². The van der Waals surface area contributed by atoms with Crippen LogP contribution in [-0.4, -0.2) is 36.2 Å². The van der Waals surface area contributed by atoms with Crippen LogP contribution in [0.5, 0.6) is 0 Å². The van der Waals surface area contributed by atoms with Crippen LogP contribution in [0.1, 0.15) is 47.2 Å². The molecule has 1 atom stereocenters. The van der Waals surface area contributed by atoms with E-state index in [0.717, 1.165) is 0 Å². The summed E-state index contributed by atoms with van der Waals surface area (Å²) < 4.78 is 5.53. The molecule has 0 aromatic heterocycles. The number of carbonyl (C=O) groups is 3. The van der Waals surface area contributed by atoms with Crippen LogP contribution in [0.25, 0.3) is 11.1 Å². The average molecular weight is 473 g/mol. The third-order valence-electron chi connectivity index (χ3n) is 6.27. The smallest absolute Gasteiger partial charge is 0.407 e. The summed E-state index contributed by atoms with van der Waals surface area (Å²) in [7, 11) is 0. The lowest BCUT2D eigenvalue weighted by Crippen LogP contribution is -2.28. The first-order valence-corrected chi connectivity index (χ1v) is 11.7. The minimum absolute atomic E-state index is 0.0152. The molecule has 7 nitrogen and oxygen atoms in total. The third-order valence-corrected chi connectivity index (χ3v) is 6.27. The fourth-order valence-electron chi connectivity index (χ4n) is 4.34. The first-order chi connectivity index (χ1) is 16.9. The molecule has 0 spiro atoms. The number of hydrogen-bond donors (Lipinski definition) is 3. The number of rotatable bonds is 9. The van der Waals surface area contributed by atoms with Crippen molar-refractivity contribution in [1.82, 2.24) is 5.32 Å². The van der Waals surface area contributed by atoms with Gasteiger partial charge in [-0.25, -0.2) is 9.59 Å². The van der Waals surface area contributed by atoms with Crippen LogP contribution < -0.4 is 10.6 Å². The van der Waals surface area contributed by atoms with Gasteiger partial charge in [0.2, 0.25) is 5.91 Å². The molecule has 0 fully saturated rings. The lowest BCUT2D eigenvalue weighted by Gasteiger charge is -2.15. The van der Waals surface area contributed by atoms with E-state index in [1.54, 1.807) is 12.1 Å². The van der Waals surface area contributed by atoms with Crippen molar-refractivity contribution < 1.29 is 24.2 Å². The number of ether oxygens (including phenoxy) is 1. The fourth-order valence-corrected chi connectivity index (χ4v) is 4.34. The van der Waals surface area contributed by atoms with Gasteiger partial charge in [-0.2, -0.15) is 0 Å². The third kappa shape index (κ3) is 5.69. The summed E-state index contributed by atoms with van der Waals surface area (Å²) in [6.07, 6.45) is 0.738. The molecule has 35 heavy (non-hydrogen) atoms. The normalized spacial score (nSPS) is 12.8. The Bertz CT molecular complexity index is 1180. The van der Waals surface area contributed by atoms with Gasteiger partial charge in [0.1, 0.15) is 6.61 Å². The van der Waals surface area contributed by atoms with Crippen LogP contribution in [0.15, 0.2) is 72.8 Å². The monoisotopic (exact) mass is 472 g/mol. The molecular formula is C28H28N2O5. The van der Waals surface area contributed by atoms with E-state index in [9.17, 15) is 14.4 Å². The Morgan fingerprint density at radius 3 is 2.11 bits per heavy atom. The number of hydrogen-bond acceptors (Lipinski definition) is 4. The number of benzene rings is 3. The zero-order valence-electron chi connectivity index (χ0n) is 19.5. The van der Waals surface area contributed by atoms with Gasteiger partial charge in [0.05, 0.1) is 5.56 Å². The van der Waals surface area contributed by atoms with Crippen molar-refractivity contribution in [3.63, 3.8) is 0 Å². The molecule has 0 saturated carbocycles. The first kappa shape index (κ1) is 24.0. The molecular weight excluding hydrogens is 444 g/mol. The Labute approximate surface area is 204 Å². The minimum Gasteiger partial charge on any atom is -0.478 e. The molecule has 1 aliphatic carbocycles. The molecule has 0 heterocycles. The first-order valence-electron chi connectivity index (χ1n) is 11.7. The molecule has 180 valence electrons. The van der Waals surface area contributed by atoms with Crippen LogP contribution >= 0.6 is 0 Å². The van der Waals surface area contributed by atoms with Crippen LogP contribution in [0.2, 0.25) is 0 Å². The molecule has 0 radical (unpaired) electrons. The Kier molecular flexibility index (Phi) is 7.45. The standard InChI is InChI=1S/C28H28N2O5/c1-18(26(31)30-20-14-12-19(13-15-20)27(32)33)7-6-16-29-28(34)35-17-25-23-10-4-2-8-21(23)22-9-3-5-11-24(22)25/h2-5,8-15,18,25H,6-7,16-17H2,1H3,(H,29,34)(H,30,31)(H,32,33). The van der Waals surface area contributed by atoms with Crippen LogP contribution in [-0.2, 0) is 9.53 Å². The van der Waals surface area contributed by atoms with Gasteiger partial charge in [-0.1, -0.05) is 55.5 Å². The summed E-state index contributed by atoms with van der Waals surface area (Å²) in [6.45, 7) is 2.48. The zero-order valence-corrected chi connectivity index (χ0v) is 19.5. The van der Waals surface area contributed by atoms with E-state index >= 15 is 0 Å². The van der Waals surface area contributed by atoms with Gasteiger partial charge in [-0.15, -0.1) is 0 Å². The maximum Gasteiger partial charge on any atom is 0.407 e. The Morgan fingerprint density at radius 1 is 0.914 bits per heavy atom. The van der Waals surface area contributed by atoms with Crippen LogP contribution in [0.4, 0.5) is 10.5 Å². The van der Waals surface area contributed by atoms with Crippen molar-refractivity contribution in [3.05, 3.63) is 89.5 Å². The summed E-state index contributed by atoms with van der Waals surface area (Å²) in [4.78, 5) is 35.6. The Hall–Kier alpha value is -4.13. The largest absolute Gasteiger partial charge is 0.478 e. The van der Waals surface area contributed by atoms with Gasteiger partial charge in [0.15, 0.2) is 0 Å². The quantitative estimate of drug-likeness (QED) is 0.368. The van der Waals surface area contributed by atoms with E-state index in [1.807, 2.05) is 31.2 Å². The predicted octanol–water partition coefficient (Wildman–Crippen LogP) is 5.28. The van der Waals surface area contributed by atoms with Crippen molar-refractivity contribution in [3.8, 4) is 11.1 Å². The molecule has 0 bridgehead atoms. The fraction of sp³-hybridized carbons (Fsp3) is 0.250. The highest BCUT2D eigenvalue weighted by molar-refractivity contribution is 5.93. The molecule has 3 aromatic rings. The van der Waals surface area contributed by atoms with E-state index in [2.05, 4.69) is 34.9 Å². The lowest BCUT2D eigenvalue weighted by atomic mass is 9.98. The predicted molar refractivity (Wildman–Crippen MR) is 134 cm³/mol. The van der Waals surface area contributed by atoms with Crippen molar-refractivity contribution in [1.29, 1.82) is 0 Å². The van der Waals surface area contributed by atoms with Crippen molar-refractivity contribution >= 4 is 23.7 Å². The summed E-state index contributed by atoms with van der Waals surface area (Å²) in [5.41, 5.74) is 5.40. The van der Waals surface area contributed by atoms with Crippen molar-refractivity contribution in [2.24, 2.45) is 5.92 Å². The molecule has 0 aliphatic heterocycles. The highest BCUT2D eigenvalue weighted by Crippen LogP contribution is 2.44. The molecule has 3 aromatic carbocycles. The maximum absolute atomic E-state index is 12.4. The van der Waals surface area contributed by atoms with Gasteiger partial charge in [0, 0.05) is 24.1 Å². The number of carbonyl (C=O) groups excluding carboxylic acids is 2. The van der Waals surface area contributed by atoms with Crippen LogP contribution in [0.3, 0.4) is 0 Å². The van der Waals surface area contributed by atoms with Gasteiger partial charge in [0.25, 0.3) is 0 Å². The summed E-state index contributed by atoms with van der Waals surface area (Å²) in [6, 6.07) is 22.4. The van der Waals surface area contributed by atoms with E-state index < -0.39 is 12.1 Å². The molecule has 1 aliphatic rings. The number of amides is 2. The number of alkyl carbamates (subject to hydrolysis) is 1. The summed E-state index contributed by atoms with van der Waals surface area (Å²) in [5, 5.41) is 14.5. The zero-order chi connectivity index (χ0) is 24.8. The SMILES string of the molecule is CC(CCCNC(=O)OCC1c2ccccc2-c2ccccc21)C(=O)Nc1ccc(C(=O)O)cc1. The second-order valence-electron chi connectivity index (χ2n) is 8.67. The maximum atomic E-state index is 12.4. The Morgan fingerprint density at radius 2 is 1.51 bits per heavy atom. The number of carboxylic acid groups (broad SMARTS) is 1. The highest BCUT2D eigenvalue weighted by Gasteiger charge is 2.28. The van der Waals surface area contributed by atoms with Crippen molar-refractivity contribution in [2.45, 2.75) is 25.7 Å². The molecule has 1 unspecified atom stereocenters. The van der Waals surface area contributed by atoms with E-state index in [4.69, 9.17) is 9.84 Å². The number of carboxylic acids is 1. The Balaban J connectivity index is 1.19. The topological polar surface area (TPSA) is 105 Å². The highest BCUT2D eigenvalue weighted by atomic mass is 16.5. The minimum atomic E-state index is -1.01. The summed E-state index contributed by atoms with van der Waals surface area (Å²) in [5.74, 6) is -1.42. The number of anilines is 1. The number of nitrogens with one attached hydrogen (secondary N) is 2. The van der Waals surface area contributed by atoms with E-state index in [0.29, 0.717) is 25.1 Å². The second kappa shape index (κ2) is 10.9. The molecule has 2 amide bonds. The molecule has 3 N–H and O–H groups in total. The number of fused-ring (bicyclic) bond motifs is 3. The lowest BCUT2D eigenvalue weighted by molar-refractivity contribution is -0.119. The van der Waals surface area contributed by atoms with Gasteiger partial charge in [-0.05, 0) is 59.4 Å². The second-order valence-corrected chi connectivity index (χ2v) is 8.67. The van der Waals surface area contributed by atoms with Crippen LogP contribution in [0, 0.1) is 5.92 Å². The average Bonchev–Trinajstić information content (AvgIpc) is 3.19. The van der Waals surface area contributed by atoms with Gasteiger partial charge < -0.3 is 20.5 Å². The molecule has 4 rings (SSSR count). The number of aromatic carboxylic acids is 1. The summed E-state index contributed by atoms with van der Waals surface area (Å²) >= 11 is 0. The van der Waals surface area contributed by atoms with Crippen molar-refractivity contribution in [2.75, 3.05) is 18.5 Å². The van der Waals surface area contributed by atoms with Gasteiger partial charge >= 0.3 is 12.1 Å². The molecule has 7 heteroatoms.